The van der Waals surface area contributed by atoms with Crippen molar-refractivity contribution in [3.63, 3.8) is 0 Å². The molecular weight excluding hydrogens is 172 g/mol. The van der Waals surface area contributed by atoms with E-state index in [0.717, 1.165) is 6.04 Å². The molecule has 1 rings (SSSR count). The molecule has 0 aromatic rings. The van der Waals surface area contributed by atoms with Crippen LogP contribution in [0.2, 0.25) is 0 Å². The lowest BCUT2D eigenvalue weighted by Gasteiger charge is -2.45. The van der Waals surface area contributed by atoms with Crippen LogP contribution in [0.5, 0.6) is 0 Å². The molecule has 0 radical (unpaired) electrons. The van der Waals surface area contributed by atoms with E-state index in [1.165, 1.54) is 25.8 Å². The van der Waals surface area contributed by atoms with E-state index in [-0.39, 0.29) is 0 Å². The summed E-state index contributed by atoms with van der Waals surface area (Å²) in [6, 6.07) is 1.83. The quantitative estimate of drug-likeness (QED) is 0.753. The molecule has 14 heavy (non-hydrogen) atoms. The van der Waals surface area contributed by atoms with E-state index in [1.807, 2.05) is 0 Å². The van der Waals surface area contributed by atoms with Crippen molar-refractivity contribution in [2.45, 2.75) is 65.1 Å². The minimum absolute atomic E-state index is 0.413. The Morgan fingerprint density at radius 1 is 1.29 bits per heavy atom. The average molecular weight is 198 g/mol. The Bertz CT molecular complexity index is 166. The van der Waals surface area contributed by atoms with Crippen LogP contribution in [-0.2, 0) is 0 Å². The van der Waals surface area contributed by atoms with E-state index < -0.39 is 0 Å². The van der Waals surface area contributed by atoms with Crippen LogP contribution in [0.1, 0.15) is 47.0 Å². The molecule has 0 aromatic carbocycles. The predicted molar refractivity (Wildman–Crippen MR) is 62.3 cm³/mol. The minimum atomic E-state index is 0.413. The Hall–Kier alpha value is -0.0800. The van der Waals surface area contributed by atoms with Gasteiger partial charge in [-0.3, -0.25) is 4.90 Å². The molecule has 0 bridgehead atoms. The van der Waals surface area contributed by atoms with Crippen LogP contribution in [0.15, 0.2) is 0 Å². The molecule has 0 amide bonds. The summed E-state index contributed by atoms with van der Waals surface area (Å²) < 4.78 is 0. The highest BCUT2D eigenvalue weighted by Crippen LogP contribution is 2.26. The van der Waals surface area contributed by atoms with Gasteiger partial charge in [0.05, 0.1) is 0 Å². The summed E-state index contributed by atoms with van der Waals surface area (Å²) in [6.07, 6.45) is 3.70. The highest BCUT2D eigenvalue weighted by atomic mass is 15.2. The summed E-state index contributed by atoms with van der Waals surface area (Å²) in [5, 5.41) is 0. The first-order chi connectivity index (χ1) is 6.61. The molecule has 0 aromatic heterocycles. The molecule has 1 heterocycles. The largest absolute Gasteiger partial charge is 0.327 e. The van der Waals surface area contributed by atoms with Crippen LogP contribution in [0, 0.1) is 5.92 Å². The highest BCUT2D eigenvalue weighted by molar-refractivity contribution is 4.89. The van der Waals surface area contributed by atoms with Gasteiger partial charge in [-0.05, 0) is 32.1 Å². The third kappa shape index (κ3) is 2.29. The van der Waals surface area contributed by atoms with E-state index in [1.54, 1.807) is 0 Å². The van der Waals surface area contributed by atoms with Crippen molar-refractivity contribution >= 4 is 0 Å². The van der Waals surface area contributed by atoms with Crippen molar-refractivity contribution < 1.29 is 0 Å². The zero-order chi connectivity index (χ0) is 10.7. The van der Waals surface area contributed by atoms with Crippen LogP contribution in [0.25, 0.3) is 0 Å². The molecule has 0 aliphatic carbocycles. The van der Waals surface area contributed by atoms with Crippen molar-refractivity contribution in [3.8, 4) is 0 Å². The van der Waals surface area contributed by atoms with Crippen molar-refractivity contribution in [2.75, 3.05) is 6.54 Å². The third-order valence-corrected chi connectivity index (χ3v) is 4.09. The van der Waals surface area contributed by atoms with Crippen molar-refractivity contribution in [3.05, 3.63) is 0 Å². The number of piperidine rings is 1. The maximum atomic E-state index is 6.09. The number of rotatable bonds is 3. The summed E-state index contributed by atoms with van der Waals surface area (Å²) in [7, 11) is 0. The molecule has 3 atom stereocenters. The summed E-state index contributed by atoms with van der Waals surface area (Å²) in [6.45, 7) is 10.4. The molecule has 1 saturated heterocycles. The fourth-order valence-corrected chi connectivity index (χ4v) is 2.70. The molecule has 0 saturated carbocycles. The van der Waals surface area contributed by atoms with Gasteiger partial charge in [0, 0.05) is 24.7 Å². The topological polar surface area (TPSA) is 29.3 Å². The second-order valence-corrected chi connectivity index (χ2v) is 4.76. The summed E-state index contributed by atoms with van der Waals surface area (Å²) in [5.74, 6) is 0.643. The molecule has 0 spiro atoms. The van der Waals surface area contributed by atoms with E-state index in [9.17, 15) is 0 Å². The van der Waals surface area contributed by atoms with Crippen molar-refractivity contribution in [1.29, 1.82) is 0 Å². The van der Waals surface area contributed by atoms with E-state index >= 15 is 0 Å². The number of likely N-dealkylation sites (tertiary alicyclic amines) is 1. The molecule has 2 heteroatoms. The van der Waals surface area contributed by atoms with Gasteiger partial charge in [-0.2, -0.15) is 0 Å². The Kier molecular flexibility index (Phi) is 4.39. The number of hydrogen-bond donors (Lipinski definition) is 1. The lowest BCUT2D eigenvalue weighted by molar-refractivity contribution is 0.0527. The van der Waals surface area contributed by atoms with Crippen LogP contribution in [0.4, 0.5) is 0 Å². The van der Waals surface area contributed by atoms with Gasteiger partial charge in [0.2, 0.25) is 0 Å². The van der Waals surface area contributed by atoms with E-state index in [0.29, 0.717) is 18.0 Å². The second kappa shape index (κ2) is 5.13. The fraction of sp³-hybridized carbons (Fsp3) is 1.00. The maximum absolute atomic E-state index is 6.09. The fourth-order valence-electron chi connectivity index (χ4n) is 2.70. The highest BCUT2D eigenvalue weighted by Gasteiger charge is 2.32. The van der Waals surface area contributed by atoms with Crippen molar-refractivity contribution in [1.82, 2.24) is 4.90 Å². The average Bonchev–Trinajstić information content (AvgIpc) is 2.19. The summed E-state index contributed by atoms with van der Waals surface area (Å²) in [4.78, 5) is 2.66. The second-order valence-electron chi connectivity index (χ2n) is 4.76. The Balaban J connectivity index is 2.62. The lowest BCUT2D eigenvalue weighted by atomic mass is 9.86. The molecule has 1 fully saturated rings. The van der Waals surface area contributed by atoms with Gasteiger partial charge in [-0.1, -0.05) is 20.8 Å². The first kappa shape index (κ1) is 12.0. The van der Waals surface area contributed by atoms with E-state index in [2.05, 4.69) is 32.6 Å². The molecule has 1 aliphatic heterocycles. The van der Waals surface area contributed by atoms with Crippen LogP contribution < -0.4 is 5.73 Å². The molecule has 1 aliphatic rings. The normalized spacial score (nSPS) is 35.1. The van der Waals surface area contributed by atoms with Gasteiger partial charge in [-0.25, -0.2) is 0 Å². The summed E-state index contributed by atoms with van der Waals surface area (Å²) >= 11 is 0. The van der Waals surface area contributed by atoms with Gasteiger partial charge < -0.3 is 5.73 Å². The molecule has 84 valence electrons. The number of nitrogens with two attached hydrogens (primary N) is 1. The van der Waals surface area contributed by atoms with Crippen LogP contribution >= 0.6 is 0 Å². The number of hydrogen-bond acceptors (Lipinski definition) is 2. The predicted octanol–water partition coefficient (Wildman–Crippen LogP) is 2.23. The van der Waals surface area contributed by atoms with Crippen LogP contribution in [0.3, 0.4) is 0 Å². The zero-order valence-corrected chi connectivity index (χ0v) is 10.2. The Morgan fingerprint density at radius 3 is 2.36 bits per heavy atom. The standard InChI is InChI=1S/C12H26N2/c1-5-11(6-2)14-8-7-12(13)9(3)10(14)4/h9-12H,5-8,13H2,1-4H3. The first-order valence-corrected chi connectivity index (χ1v) is 6.13. The minimum Gasteiger partial charge on any atom is -0.327 e. The maximum Gasteiger partial charge on any atom is 0.0110 e. The lowest BCUT2D eigenvalue weighted by Crippen LogP contribution is -2.54. The van der Waals surface area contributed by atoms with Gasteiger partial charge in [0.1, 0.15) is 0 Å². The number of nitrogens with zero attached hydrogens (tertiary/aromatic N) is 1. The molecule has 3 unspecified atom stereocenters. The zero-order valence-electron chi connectivity index (χ0n) is 10.2. The first-order valence-electron chi connectivity index (χ1n) is 6.13. The van der Waals surface area contributed by atoms with Crippen molar-refractivity contribution in [2.24, 2.45) is 11.7 Å². The Morgan fingerprint density at radius 2 is 1.86 bits per heavy atom. The van der Waals surface area contributed by atoms with Crippen LogP contribution in [-0.4, -0.2) is 29.6 Å². The summed E-state index contributed by atoms with van der Waals surface area (Å²) in [5.41, 5.74) is 6.09. The van der Waals surface area contributed by atoms with Gasteiger partial charge in [-0.15, -0.1) is 0 Å². The van der Waals surface area contributed by atoms with Gasteiger partial charge in [0.25, 0.3) is 0 Å². The smallest absolute Gasteiger partial charge is 0.0110 e. The SMILES string of the molecule is CCC(CC)N1CCC(N)C(C)C1C. The molecule has 2 nitrogen and oxygen atoms in total. The monoisotopic (exact) mass is 198 g/mol. The van der Waals surface area contributed by atoms with E-state index in [4.69, 9.17) is 5.73 Å². The Labute approximate surface area is 88.8 Å². The van der Waals surface area contributed by atoms with Gasteiger partial charge >= 0.3 is 0 Å². The molecule has 2 N–H and O–H groups in total. The molecular formula is C12H26N2. The van der Waals surface area contributed by atoms with Gasteiger partial charge in [0.15, 0.2) is 0 Å². The third-order valence-electron chi connectivity index (χ3n) is 4.09.